The number of hydrogen-bond donors (Lipinski definition) is 1. The zero-order chi connectivity index (χ0) is 25.7. The standard InChI is InChI=1S/C27H25N3O6/c1-3-7-25(32)30(23-16-26(33)29(27(23)34)20-10-6-11-21(15-20)35-2)28-24(31)17-36-22-13-12-18-8-4-5-9-19(18)14-22/h3-15,23H,16-17H2,1-2H3,(H,28,31). The lowest BCUT2D eigenvalue weighted by Crippen LogP contribution is -2.55. The molecule has 3 aromatic carbocycles. The van der Waals surface area contributed by atoms with Crippen molar-refractivity contribution in [2.45, 2.75) is 19.4 Å². The van der Waals surface area contributed by atoms with Crippen LogP contribution in [0.25, 0.3) is 10.8 Å². The highest BCUT2D eigenvalue weighted by Gasteiger charge is 2.45. The van der Waals surface area contributed by atoms with Gasteiger partial charge in [-0.1, -0.05) is 42.5 Å². The normalized spacial score (nSPS) is 15.4. The smallest absolute Gasteiger partial charge is 0.276 e. The van der Waals surface area contributed by atoms with Gasteiger partial charge in [0.2, 0.25) is 5.91 Å². The summed E-state index contributed by atoms with van der Waals surface area (Å²) in [4.78, 5) is 52.4. The van der Waals surface area contributed by atoms with Crippen molar-refractivity contribution < 1.29 is 28.7 Å². The van der Waals surface area contributed by atoms with Crippen molar-refractivity contribution in [3.05, 3.63) is 78.9 Å². The Labute approximate surface area is 207 Å². The van der Waals surface area contributed by atoms with E-state index in [1.807, 2.05) is 30.3 Å². The number of ether oxygens (including phenoxy) is 2. The van der Waals surface area contributed by atoms with E-state index in [0.717, 1.165) is 20.7 Å². The molecule has 4 amide bonds. The molecule has 0 saturated carbocycles. The maximum atomic E-state index is 13.2. The number of benzene rings is 3. The van der Waals surface area contributed by atoms with Crippen LogP contribution in [0.5, 0.6) is 11.5 Å². The minimum atomic E-state index is -1.21. The summed E-state index contributed by atoms with van der Waals surface area (Å²) in [6.07, 6.45) is 2.40. The van der Waals surface area contributed by atoms with Gasteiger partial charge in [-0.25, -0.2) is 9.91 Å². The monoisotopic (exact) mass is 487 g/mol. The van der Waals surface area contributed by atoms with Crippen molar-refractivity contribution in [3.8, 4) is 11.5 Å². The Morgan fingerprint density at radius 2 is 1.81 bits per heavy atom. The summed E-state index contributed by atoms with van der Waals surface area (Å²) in [5.74, 6) is -1.49. The van der Waals surface area contributed by atoms with Crippen LogP contribution >= 0.6 is 0 Å². The topological polar surface area (TPSA) is 105 Å². The van der Waals surface area contributed by atoms with Gasteiger partial charge in [-0.05, 0) is 42.0 Å². The molecule has 1 saturated heterocycles. The number of hydrogen-bond acceptors (Lipinski definition) is 6. The fourth-order valence-electron chi connectivity index (χ4n) is 3.92. The van der Waals surface area contributed by atoms with Gasteiger partial charge < -0.3 is 9.47 Å². The molecule has 1 unspecified atom stereocenters. The predicted molar refractivity (Wildman–Crippen MR) is 133 cm³/mol. The average Bonchev–Trinajstić information content (AvgIpc) is 3.19. The number of fused-ring (bicyclic) bond motifs is 1. The van der Waals surface area contributed by atoms with Crippen LogP contribution in [0.15, 0.2) is 78.9 Å². The first-order valence-electron chi connectivity index (χ1n) is 11.3. The molecule has 1 N–H and O–H groups in total. The van der Waals surface area contributed by atoms with E-state index in [4.69, 9.17) is 9.47 Å². The van der Waals surface area contributed by atoms with Crippen molar-refractivity contribution >= 4 is 40.1 Å². The summed E-state index contributed by atoms with van der Waals surface area (Å²) in [5.41, 5.74) is 2.76. The zero-order valence-electron chi connectivity index (χ0n) is 19.8. The molecule has 1 atom stereocenters. The summed E-state index contributed by atoms with van der Waals surface area (Å²) in [6.45, 7) is 1.23. The van der Waals surface area contributed by atoms with Crippen molar-refractivity contribution in [1.29, 1.82) is 0 Å². The molecule has 0 spiro atoms. The molecule has 9 nitrogen and oxygen atoms in total. The number of imide groups is 1. The van der Waals surface area contributed by atoms with E-state index >= 15 is 0 Å². The van der Waals surface area contributed by atoms with E-state index in [1.165, 1.54) is 19.3 Å². The van der Waals surface area contributed by atoms with E-state index in [0.29, 0.717) is 17.2 Å². The molecule has 1 aliphatic heterocycles. The van der Waals surface area contributed by atoms with Gasteiger partial charge in [0, 0.05) is 12.1 Å². The Bertz CT molecular complexity index is 1350. The number of anilines is 1. The number of nitrogens with one attached hydrogen (secondary N) is 1. The van der Waals surface area contributed by atoms with Gasteiger partial charge in [-0.15, -0.1) is 0 Å². The predicted octanol–water partition coefficient (Wildman–Crippen LogP) is 3.00. The lowest BCUT2D eigenvalue weighted by Gasteiger charge is -2.26. The Morgan fingerprint density at radius 1 is 1.03 bits per heavy atom. The third kappa shape index (κ3) is 5.20. The van der Waals surface area contributed by atoms with E-state index in [9.17, 15) is 19.2 Å². The van der Waals surface area contributed by atoms with Crippen LogP contribution in [0.2, 0.25) is 0 Å². The quantitative estimate of drug-likeness (QED) is 0.312. The highest BCUT2D eigenvalue weighted by atomic mass is 16.5. The number of allylic oxidation sites excluding steroid dienone is 1. The summed E-state index contributed by atoms with van der Waals surface area (Å²) in [7, 11) is 1.47. The second-order valence-corrected chi connectivity index (χ2v) is 8.03. The lowest BCUT2D eigenvalue weighted by atomic mass is 10.1. The number of rotatable bonds is 7. The second kappa shape index (κ2) is 10.7. The van der Waals surface area contributed by atoms with Crippen molar-refractivity contribution in [2.75, 3.05) is 18.6 Å². The molecule has 1 fully saturated rings. The van der Waals surface area contributed by atoms with E-state index in [-0.39, 0.29) is 6.42 Å². The molecule has 1 heterocycles. The van der Waals surface area contributed by atoms with Crippen LogP contribution in [-0.4, -0.2) is 48.4 Å². The summed E-state index contributed by atoms with van der Waals surface area (Å²) in [6, 6.07) is 18.4. The minimum Gasteiger partial charge on any atom is -0.497 e. The van der Waals surface area contributed by atoms with E-state index < -0.39 is 36.3 Å². The van der Waals surface area contributed by atoms with Crippen LogP contribution in [0.4, 0.5) is 5.69 Å². The molecular weight excluding hydrogens is 462 g/mol. The van der Waals surface area contributed by atoms with Crippen LogP contribution in [0.1, 0.15) is 13.3 Å². The SMILES string of the molecule is CC=CC(=O)N(NC(=O)COc1ccc2ccccc2c1)C1CC(=O)N(c2cccc(OC)c2)C1=O. The van der Waals surface area contributed by atoms with Gasteiger partial charge in [0.05, 0.1) is 19.2 Å². The van der Waals surface area contributed by atoms with E-state index in [2.05, 4.69) is 5.43 Å². The molecule has 36 heavy (non-hydrogen) atoms. The first kappa shape index (κ1) is 24.5. The zero-order valence-corrected chi connectivity index (χ0v) is 19.8. The number of hydrazine groups is 1. The molecule has 0 radical (unpaired) electrons. The number of nitrogens with zero attached hydrogens (tertiary/aromatic N) is 2. The van der Waals surface area contributed by atoms with Crippen molar-refractivity contribution in [1.82, 2.24) is 10.4 Å². The van der Waals surface area contributed by atoms with Crippen LogP contribution in [0, 0.1) is 0 Å². The van der Waals surface area contributed by atoms with Gasteiger partial charge in [-0.3, -0.25) is 24.6 Å². The number of amides is 4. The molecule has 0 aromatic heterocycles. The highest BCUT2D eigenvalue weighted by molar-refractivity contribution is 6.23. The average molecular weight is 488 g/mol. The Morgan fingerprint density at radius 3 is 2.56 bits per heavy atom. The van der Waals surface area contributed by atoms with Gasteiger partial charge in [0.15, 0.2) is 6.61 Å². The Balaban J connectivity index is 1.49. The molecule has 184 valence electrons. The largest absolute Gasteiger partial charge is 0.497 e. The number of carbonyl (C=O) groups excluding carboxylic acids is 4. The summed E-state index contributed by atoms with van der Waals surface area (Å²) in [5, 5.41) is 2.86. The Hall–Kier alpha value is -4.66. The molecule has 3 aromatic rings. The van der Waals surface area contributed by atoms with Gasteiger partial charge >= 0.3 is 0 Å². The first-order valence-corrected chi connectivity index (χ1v) is 11.3. The number of methoxy groups -OCH3 is 1. The summed E-state index contributed by atoms with van der Waals surface area (Å²) >= 11 is 0. The Kier molecular flexibility index (Phi) is 7.29. The van der Waals surface area contributed by atoms with Crippen molar-refractivity contribution in [3.63, 3.8) is 0 Å². The third-order valence-electron chi connectivity index (χ3n) is 5.63. The second-order valence-electron chi connectivity index (χ2n) is 8.03. The molecule has 0 aliphatic carbocycles. The van der Waals surface area contributed by atoms with Crippen LogP contribution < -0.4 is 19.8 Å². The van der Waals surface area contributed by atoms with Crippen molar-refractivity contribution in [2.24, 2.45) is 0 Å². The van der Waals surface area contributed by atoms with Crippen LogP contribution in [0.3, 0.4) is 0 Å². The molecule has 0 bridgehead atoms. The maximum Gasteiger partial charge on any atom is 0.276 e. The van der Waals surface area contributed by atoms with Gasteiger partial charge in [0.1, 0.15) is 17.5 Å². The fraction of sp³-hybridized carbons (Fsp3) is 0.185. The van der Waals surface area contributed by atoms with Gasteiger partial charge in [0.25, 0.3) is 17.7 Å². The van der Waals surface area contributed by atoms with Gasteiger partial charge in [-0.2, -0.15) is 0 Å². The summed E-state index contributed by atoms with van der Waals surface area (Å²) < 4.78 is 10.8. The lowest BCUT2D eigenvalue weighted by molar-refractivity contribution is -0.144. The first-order chi connectivity index (χ1) is 17.4. The molecule has 4 rings (SSSR count). The molecule has 9 heteroatoms. The van der Waals surface area contributed by atoms with E-state index in [1.54, 1.807) is 43.3 Å². The fourth-order valence-corrected chi connectivity index (χ4v) is 3.92. The maximum absolute atomic E-state index is 13.2. The minimum absolute atomic E-state index is 0.287. The van der Waals surface area contributed by atoms with Crippen LogP contribution in [-0.2, 0) is 19.2 Å². The number of carbonyl (C=O) groups is 4. The highest BCUT2D eigenvalue weighted by Crippen LogP contribution is 2.28. The molecular formula is C27H25N3O6. The molecule has 1 aliphatic rings. The third-order valence-corrected chi connectivity index (χ3v) is 5.63.